The van der Waals surface area contributed by atoms with E-state index in [0.29, 0.717) is 30.1 Å². The Morgan fingerprint density at radius 3 is 1.65 bits per heavy atom. The highest BCUT2D eigenvalue weighted by Crippen LogP contribution is 2.31. The number of benzene rings is 4. The normalized spacial score (nSPS) is 17.2. The molecule has 6 rings (SSSR count). The Morgan fingerprint density at radius 2 is 1.22 bits per heavy atom. The molecule has 2 aliphatic heterocycles. The molecule has 0 aromatic heterocycles. The summed E-state index contributed by atoms with van der Waals surface area (Å²) in [7, 11) is 1.38. The average Bonchev–Trinajstić information content (AvgIpc) is 3.79. The molecule has 250 valence electrons. The third-order valence-electron chi connectivity index (χ3n) is 7.90. The number of rotatable bonds is 10. The molecule has 2 heterocycles. The van der Waals surface area contributed by atoms with E-state index < -0.39 is 18.1 Å². The lowest BCUT2D eigenvalue weighted by molar-refractivity contribution is -0.141. The number of phenolic OH excluding ortho intramolecular Hbond substituents is 2. The number of nitrogens with zero attached hydrogens (tertiary/aromatic N) is 2. The third-order valence-corrected chi connectivity index (χ3v) is 9.94. The molecule has 0 unspecified atom stereocenters. The first-order valence-electron chi connectivity index (χ1n) is 15.5. The van der Waals surface area contributed by atoms with E-state index in [9.17, 15) is 19.8 Å². The Hall–Kier alpha value is -5.06. The SMILES string of the molecule is C=CCc1c(O)ccc2cc(/C=C/C3=N[C@@H](C(=O)O)CS3)ccc12.C=CCc1c(O)ccc2cc(/C=C/C3=N[C@@H](C(=O)OC)CS3)ccc12. The predicted octanol–water partition coefficient (Wildman–Crippen LogP) is 7.86. The number of carboxylic acid groups (broad SMARTS) is 1. The van der Waals surface area contributed by atoms with E-state index in [4.69, 9.17) is 9.84 Å². The van der Waals surface area contributed by atoms with E-state index in [0.717, 1.165) is 53.9 Å². The monoisotopic (exact) mass is 692 g/mol. The average molecular weight is 693 g/mol. The number of aliphatic carboxylic acids is 1. The number of fused-ring (bicyclic) bond motifs is 2. The van der Waals surface area contributed by atoms with Crippen LogP contribution in [-0.4, -0.2) is 68.0 Å². The van der Waals surface area contributed by atoms with Gasteiger partial charge >= 0.3 is 11.9 Å². The topological polar surface area (TPSA) is 129 Å². The molecule has 0 fully saturated rings. The van der Waals surface area contributed by atoms with Gasteiger partial charge in [-0.2, -0.15) is 0 Å². The molecule has 0 bridgehead atoms. The van der Waals surface area contributed by atoms with Gasteiger partial charge in [0, 0.05) is 22.6 Å². The highest BCUT2D eigenvalue weighted by molar-refractivity contribution is 8.15. The van der Waals surface area contributed by atoms with Gasteiger partial charge in [0.15, 0.2) is 12.1 Å². The molecule has 0 saturated heterocycles. The number of esters is 1. The Balaban J connectivity index is 0.000000191. The molecule has 2 aliphatic rings. The van der Waals surface area contributed by atoms with Crippen LogP contribution < -0.4 is 0 Å². The molecular weight excluding hydrogens is 657 g/mol. The number of carbonyl (C=O) groups excluding carboxylic acids is 1. The standard InChI is InChI=1S/C20H19NO3S.C19H17NO3S/c1-3-4-16-15-8-5-13(11-14(15)7-9-18(16)22)6-10-19-21-17(12-25-19)20(23)24-2;1-2-3-15-14-7-4-12(10-13(14)6-8-17(15)21)5-9-18-20-16(11-24-18)19(22)23/h3,5-11,17,22H,1,4,12H2,2H3;2,4-10,16,21H,1,3,11H2,(H,22,23)/b10-6+;9-5+/t17-;16-/m11/s1. The van der Waals surface area contributed by atoms with Crippen LogP contribution in [0.4, 0.5) is 0 Å². The minimum Gasteiger partial charge on any atom is -0.508 e. The maximum Gasteiger partial charge on any atom is 0.331 e. The number of carboxylic acids is 1. The minimum absolute atomic E-state index is 0.280. The number of allylic oxidation sites excluding steroid dienone is 2. The van der Waals surface area contributed by atoms with E-state index >= 15 is 0 Å². The molecule has 0 radical (unpaired) electrons. The van der Waals surface area contributed by atoms with Crippen LogP contribution in [0.15, 0.2) is 108 Å². The second-order valence-corrected chi connectivity index (χ2v) is 13.3. The Morgan fingerprint density at radius 1 is 0.755 bits per heavy atom. The molecule has 4 aromatic rings. The fourth-order valence-corrected chi connectivity index (χ4v) is 7.23. The van der Waals surface area contributed by atoms with E-state index in [-0.39, 0.29) is 11.7 Å². The van der Waals surface area contributed by atoms with Gasteiger partial charge in [-0.25, -0.2) is 9.59 Å². The molecule has 0 amide bonds. The van der Waals surface area contributed by atoms with Crippen LogP contribution in [0, 0.1) is 0 Å². The largest absolute Gasteiger partial charge is 0.508 e. The maximum absolute atomic E-state index is 11.5. The van der Waals surface area contributed by atoms with E-state index in [1.165, 1.54) is 18.9 Å². The first kappa shape index (κ1) is 35.3. The lowest BCUT2D eigenvalue weighted by atomic mass is 9.99. The van der Waals surface area contributed by atoms with Crippen molar-refractivity contribution in [3.63, 3.8) is 0 Å². The zero-order valence-corrected chi connectivity index (χ0v) is 28.5. The van der Waals surface area contributed by atoms with Crippen molar-refractivity contribution in [3.8, 4) is 11.5 Å². The van der Waals surface area contributed by atoms with Crippen molar-refractivity contribution in [1.82, 2.24) is 0 Å². The zero-order valence-electron chi connectivity index (χ0n) is 26.9. The number of hydrogen-bond donors (Lipinski definition) is 3. The fraction of sp³-hybridized carbons (Fsp3) is 0.179. The van der Waals surface area contributed by atoms with Crippen molar-refractivity contribution in [2.45, 2.75) is 24.9 Å². The van der Waals surface area contributed by atoms with Crippen molar-refractivity contribution in [1.29, 1.82) is 0 Å². The number of phenols is 2. The van der Waals surface area contributed by atoms with Crippen molar-refractivity contribution >= 4 is 79.2 Å². The van der Waals surface area contributed by atoms with E-state index in [1.807, 2.05) is 66.8 Å². The first-order chi connectivity index (χ1) is 23.7. The molecule has 49 heavy (non-hydrogen) atoms. The number of thioether (sulfide) groups is 2. The molecule has 10 heteroatoms. The van der Waals surface area contributed by atoms with Gasteiger partial charge in [0.2, 0.25) is 0 Å². The number of hydrogen-bond acceptors (Lipinski definition) is 9. The lowest BCUT2D eigenvalue weighted by Gasteiger charge is -2.08. The summed E-state index contributed by atoms with van der Waals surface area (Å²) in [5.41, 5.74) is 3.80. The summed E-state index contributed by atoms with van der Waals surface area (Å²) >= 11 is 3.00. The molecule has 8 nitrogen and oxygen atoms in total. The zero-order chi connectivity index (χ0) is 34.9. The Kier molecular flexibility index (Phi) is 11.8. The summed E-state index contributed by atoms with van der Waals surface area (Å²) < 4.78 is 4.72. The molecule has 4 aromatic carbocycles. The molecule has 0 saturated carbocycles. The van der Waals surface area contributed by atoms with Crippen LogP contribution in [0.1, 0.15) is 22.3 Å². The number of methoxy groups -OCH3 is 1. The van der Waals surface area contributed by atoms with Crippen molar-refractivity contribution in [2.24, 2.45) is 9.98 Å². The second kappa shape index (κ2) is 16.4. The minimum atomic E-state index is -0.883. The Bertz CT molecular complexity index is 2050. The number of ether oxygens (including phenoxy) is 1. The summed E-state index contributed by atoms with van der Waals surface area (Å²) in [6.07, 6.45) is 12.5. The quantitative estimate of drug-likeness (QED) is 0.113. The molecular formula is C39H36N2O6S2. The van der Waals surface area contributed by atoms with Gasteiger partial charge < -0.3 is 20.1 Å². The number of aliphatic imine (C=N–C) groups is 2. The number of carbonyl (C=O) groups is 2. The summed E-state index contributed by atoms with van der Waals surface area (Å²) in [5.74, 6) is 0.497. The molecule has 0 spiro atoms. The highest BCUT2D eigenvalue weighted by Gasteiger charge is 2.24. The van der Waals surface area contributed by atoms with E-state index in [2.05, 4.69) is 29.2 Å². The van der Waals surface area contributed by atoms with Crippen LogP contribution in [0.3, 0.4) is 0 Å². The maximum atomic E-state index is 11.5. The van der Waals surface area contributed by atoms with Gasteiger partial charge in [0.25, 0.3) is 0 Å². The van der Waals surface area contributed by atoms with Gasteiger partial charge in [0.1, 0.15) is 11.5 Å². The second-order valence-electron chi connectivity index (χ2n) is 11.2. The van der Waals surface area contributed by atoms with Crippen LogP contribution in [0.5, 0.6) is 11.5 Å². The van der Waals surface area contributed by atoms with Crippen LogP contribution in [0.25, 0.3) is 33.7 Å². The molecule has 2 atom stereocenters. The van der Waals surface area contributed by atoms with Gasteiger partial charge in [-0.3, -0.25) is 9.98 Å². The van der Waals surface area contributed by atoms with Gasteiger partial charge in [-0.1, -0.05) is 60.7 Å². The summed E-state index contributed by atoms with van der Waals surface area (Å²) in [5, 5.41) is 34.7. The third kappa shape index (κ3) is 8.70. The van der Waals surface area contributed by atoms with Crippen LogP contribution >= 0.6 is 23.5 Å². The summed E-state index contributed by atoms with van der Waals surface area (Å²) in [6.45, 7) is 7.48. The smallest absolute Gasteiger partial charge is 0.331 e. The summed E-state index contributed by atoms with van der Waals surface area (Å²) in [6, 6.07) is 18.2. The number of aromatic hydroxyl groups is 2. The van der Waals surface area contributed by atoms with Gasteiger partial charge in [-0.05, 0) is 81.9 Å². The van der Waals surface area contributed by atoms with E-state index in [1.54, 1.807) is 36.0 Å². The molecule has 3 N–H and O–H groups in total. The van der Waals surface area contributed by atoms with Crippen molar-refractivity contribution < 1.29 is 29.6 Å². The first-order valence-corrected chi connectivity index (χ1v) is 17.5. The Labute approximate surface area is 293 Å². The van der Waals surface area contributed by atoms with Crippen LogP contribution in [0.2, 0.25) is 0 Å². The van der Waals surface area contributed by atoms with Crippen LogP contribution in [-0.2, 0) is 27.2 Å². The highest BCUT2D eigenvalue weighted by atomic mass is 32.2. The predicted molar refractivity (Wildman–Crippen MR) is 204 cm³/mol. The van der Waals surface area contributed by atoms with Crippen molar-refractivity contribution in [3.05, 3.63) is 120 Å². The lowest BCUT2D eigenvalue weighted by Crippen LogP contribution is -2.19. The molecule has 0 aliphatic carbocycles. The fourth-order valence-electron chi connectivity index (χ4n) is 5.41. The van der Waals surface area contributed by atoms with Gasteiger partial charge in [0.05, 0.1) is 17.2 Å². The van der Waals surface area contributed by atoms with Crippen molar-refractivity contribution in [2.75, 3.05) is 18.6 Å². The van der Waals surface area contributed by atoms with Gasteiger partial charge in [-0.15, -0.1) is 36.7 Å². The summed E-state index contributed by atoms with van der Waals surface area (Å²) in [4.78, 5) is 30.9.